The van der Waals surface area contributed by atoms with Crippen LogP contribution in [0, 0.1) is 0 Å². The Morgan fingerprint density at radius 3 is 2.59 bits per heavy atom. The lowest BCUT2D eigenvalue weighted by atomic mass is 10.1. The quantitative estimate of drug-likeness (QED) is 0.889. The van der Waals surface area contributed by atoms with Crippen molar-refractivity contribution in [3.05, 3.63) is 64.6 Å². The van der Waals surface area contributed by atoms with Crippen LogP contribution in [0.15, 0.2) is 59.1 Å². The summed E-state index contributed by atoms with van der Waals surface area (Å²) in [6.07, 6.45) is -0.296. The van der Waals surface area contributed by atoms with E-state index < -0.39 is 0 Å². The number of para-hydroxylation sites is 1. The van der Waals surface area contributed by atoms with Gasteiger partial charge in [-0.05, 0) is 29.8 Å². The summed E-state index contributed by atoms with van der Waals surface area (Å²) in [5.74, 6) is 0.575. The van der Waals surface area contributed by atoms with E-state index >= 15 is 0 Å². The number of hydrogen-bond acceptors (Lipinski definition) is 3. The lowest BCUT2D eigenvalue weighted by Gasteiger charge is -2.33. The molecular weight excluding hydrogens is 344 g/mol. The number of ether oxygens (including phenoxy) is 1. The maximum atomic E-state index is 12.3. The fourth-order valence-electron chi connectivity index (χ4n) is 2.49. The zero-order chi connectivity index (χ0) is 15.4. The van der Waals surface area contributed by atoms with Crippen LogP contribution in [0.3, 0.4) is 0 Å². The lowest BCUT2D eigenvalue weighted by molar-refractivity contribution is 0.135. The topological polar surface area (TPSA) is 41.6 Å². The summed E-state index contributed by atoms with van der Waals surface area (Å²) in [6, 6.07) is 17.4. The molecule has 0 radical (unpaired) electrons. The van der Waals surface area contributed by atoms with Crippen molar-refractivity contribution in [2.45, 2.75) is 6.04 Å². The molecule has 1 amide bonds. The molecule has 1 N–H and O–H groups in total. The van der Waals surface area contributed by atoms with E-state index in [2.05, 4.69) is 33.4 Å². The number of halogens is 1. The second kappa shape index (κ2) is 6.94. The van der Waals surface area contributed by atoms with Gasteiger partial charge in [-0.2, -0.15) is 0 Å². The second-order valence-electron chi connectivity index (χ2n) is 5.19. The molecule has 0 aliphatic carbocycles. The van der Waals surface area contributed by atoms with Gasteiger partial charge in [0.05, 0.1) is 6.04 Å². The molecule has 1 aliphatic heterocycles. The molecule has 0 aromatic heterocycles. The molecule has 1 atom stereocenters. The van der Waals surface area contributed by atoms with Gasteiger partial charge in [-0.25, -0.2) is 4.79 Å². The summed E-state index contributed by atoms with van der Waals surface area (Å²) in [5, 5.41) is 3.44. The fraction of sp³-hybridized carbons (Fsp3) is 0.235. The van der Waals surface area contributed by atoms with Gasteiger partial charge in [0.25, 0.3) is 0 Å². The molecule has 1 saturated heterocycles. The second-order valence-corrected chi connectivity index (χ2v) is 6.10. The van der Waals surface area contributed by atoms with Gasteiger partial charge < -0.3 is 15.0 Å². The summed E-state index contributed by atoms with van der Waals surface area (Å²) in [6.45, 7) is 2.01. The molecule has 1 aliphatic rings. The van der Waals surface area contributed by atoms with Gasteiger partial charge in [0.1, 0.15) is 5.75 Å². The van der Waals surface area contributed by atoms with E-state index in [1.54, 1.807) is 17.0 Å². The minimum absolute atomic E-state index is 0.130. The Labute approximate surface area is 138 Å². The SMILES string of the molecule is O=C(Oc1ccccc1)N1CCNC(c2ccc(Br)cc2)C1. The van der Waals surface area contributed by atoms with Crippen LogP contribution in [0.4, 0.5) is 4.79 Å². The molecule has 1 fully saturated rings. The highest BCUT2D eigenvalue weighted by Crippen LogP contribution is 2.20. The van der Waals surface area contributed by atoms with Gasteiger partial charge in [-0.1, -0.05) is 46.3 Å². The fourth-order valence-corrected chi connectivity index (χ4v) is 2.75. The third kappa shape index (κ3) is 3.67. The molecule has 0 bridgehead atoms. The largest absolute Gasteiger partial charge is 0.415 e. The van der Waals surface area contributed by atoms with Gasteiger partial charge in [-0.15, -0.1) is 0 Å². The molecule has 0 saturated carbocycles. The zero-order valence-corrected chi connectivity index (χ0v) is 13.6. The zero-order valence-electron chi connectivity index (χ0n) is 12.0. The van der Waals surface area contributed by atoms with E-state index in [-0.39, 0.29) is 12.1 Å². The van der Waals surface area contributed by atoms with Crippen LogP contribution in [-0.2, 0) is 0 Å². The van der Waals surface area contributed by atoms with Gasteiger partial charge in [0, 0.05) is 24.1 Å². The molecular formula is C17H17BrN2O2. The number of amides is 1. The van der Waals surface area contributed by atoms with Crippen molar-refractivity contribution in [3.63, 3.8) is 0 Å². The first kappa shape index (κ1) is 15.1. The third-order valence-electron chi connectivity index (χ3n) is 3.65. The number of hydrogen-bond donors (Lipinski definition) is 1. The number of nitrogens with one attached hydrogen (secondary N) is 1. The van der Waals surface area contributed by atoms with E-state index in [9.17, 15) is 4.79 Å². The molecule has 4 nitrogen and oxygen atoms in total. The molecule has 1 unspecified atom stereocenters. The Morgan fingerprint density at radius 1 is 1.14 bits per heavy atom. The third-order valence-corrected chi connectivity index (χ3v) is 4.18. The van der Waals surface area contributed by atoms with E-state index in [4.69, 9.17) is 4.74 Å². The van der Waals surface area contributed by atoms with E-state index in [1.807, 2.05) is 30.3 Å². The molecule has 114 valence electrons. The molecule has 3 rings (SSSR count). The lowest BCUT2D eigenvalue weighted by Crippen LogP contribution is -2.49. The standard InChI is InChI=1S/C17H17BrN2O2/c18-14-8-6-13(7-9-14)16-12-20(11-10-19-16)17(21)22-15-4-2-1-3-5-15/h1-9,16,19H,10-12H2. The van der Waals surface area contributed by atoms with Crippen molar-refractivity contribution in [1.82, 2.24) is 10.2 Å². The first-order valence-electron chi connectivity index (χ1n) is 7.23. The number of carbonyl (C=O) groups excluding carboxylic acids is 1. The maximum Gasteiger partial charge on any atom is 0.415 e. The highest BCUT2D eigenvalue weighted by atomic mass is 79.9. The first-order chi connectivity index (χ1) is 10.7. The normalized spacial score (nSPS) is 18.0. The molecule has 2 aromatic rings. The van der Waals surface area contributed by atoms with Crippen LogP contribution in [0.2, 0.25) is 0 Å². The van der Waals surface area contributed by atoms with E-state index in [1.165, 1.54) is 5.56 Å². The Morgan fingerprint density at radius 2 is 1.86 bits per heavy atom. The minimum Gasteiger partial charge on any atom is -0.410 e. The smallest absolute Gasteiger partial charge is 0.410 e. The first-order valence-corrected chi connectivity index (χ1v) is 8.02. The predicted molar refractivity (Wildman–Crippen MR) is 88.9 cm³/mol. The Kier molecular flexibility index (Phi) is 4.75. The van der Waals surface area contributed by atoms with Gasteiger partial charge in [0.15, 0.2) is 0 Å². The molecule has 5 heteroatoms. The van der Waals surface area contributed by atoms with Gasteiger partial charge >= 0.3 is 6.09 Å². The molecule has 0 spiro atoms. The van der Waals surface area contributed by atoms with E-state index in [0.29, 0.717) is 18.8 Å². The monoisotopic (exact) mass is 360 g/mol. The molecule has 2 aromatic carbocycles. The van der Waals surface area contributed by atoms with Gasteiger partial charge in [-0.3, -0.25) is 0 Å². The Hall–Kier alpha value is -1.85. The highest BCUT2D eigenvalue weighted by molar-refractivity contribution is 9.10. The van der Waals surface area contributed by atoms with Crippen LogP contribution >= 0.6 is 15.9 Å². The number of benzene rings is 2. The number of rotatable bonds is 2. The molecule has 1 heterocycles. The van der Waals surface area contributed by atoms with Crippen molar-refractivity contribution in [1.29, 1.82) is 0 Å². The maximum absolute atomic E-state index is 12.3. The predicted octanol–water partition coefficient (Wildman–Crippen LogP) is 3.59. The van der Waals surface area contributed by atoms with Crippen LogP contribution in [0.25, 0.3) is 0 Å². The van der Waals surface area contributed by atoms with Crippen LogP contribution < -0.4 is 10.1 Å². The van der Waals surface area contributed by atoms with Crippen LogP contribution in [0.1, 0.15) is 11.6 Å². The van der Waals surface area contributed by atoms with Crippen molar-refractivity contribution in [3.8, 4) is 5.75 Å². The van der Waals surface area contributed by atoms with Crippen molar-refractivity contribution >= 4 is 22.0 Å². The van der Waals surface area contributed by atoms with Crippen molar-refractivity contribution in [2.75, 3.05) is 19.6 Å². The minimum atomic E-state index is -0.296. The number of nitrogens with zero attached hydrogens (tertiary/aromatic N) is 1. The molecule has 22 heavy (non-hydrogen) atoms. The van der Waals surface area contributed by atoms with Crippen molar-refractivity contribution < 1.29 is 9.53 Å². The van der Waals surface area contributed by atoms with E-state index in [0.717, 1.165) is 11.0 Å². The Bertz CT molecular complexity index is 631. The summed E-state index contributed by atoms with van der Waals surface area (Å²) < 4.78 is 6.46. The average Bonchev–Trinajstić information content (AvgIpc) is 2.56. The Balaban J connectivity index is 1.65. The van der Waals surface area contributed by atoms with Crippen LogP contribution in [-0.4, -0.2) is 30.6 Å². The van der Waals surface area contributed by atoms with Gasteiger partial charge in [0.2, 0.25) is 0 Å². The number of piperazine rings is 1. The average molecular weight is 361 g/mol. The highest BCUT2D eigenvalue weighted by Gasteiger charge is 2.25. The van der Waals surface area contributed by atoms with Crippen molar-refractivity contribution in [2.24, 2.45) is 0 Å². The summed E-state index contributed by atoms with van der Waals surface area (Å²) in [7, 11) is 0. The van der Waals surface area contributed by atoms with Crippen LogP contribution in [0.5, 0.6) is 5.75 Å². The summed E-state index contributed by atoms with van der Waals surface area (Å²) in [5.41, 5.74) is 1.17. The summed E-state index contributed by atoms with van der Waals surface area (Å²) in [4.78, 5) is 14.0. The number of carbonyl (C=O) groups is 1. The summed E-state index contributed by atoms with van der Waals surface area (Å²) >= 11 is 3.44.